The van der Waals surface area contributed by atoms with Crippen molar-refractivity contribution in [2.24, 2.45) is 11.8 Å². The molecular weight excluding hydrogens is 257 g/mol. The van der Waals surface area contributed by atoms with E-state index in [1.165, 1.54) is 18.2 Å². The molecule has 0 heterocycles. The summed E-state index contributed by atoms with van der Waals surface area (Å²) in [5, 5.41) is 10.7. The molecule has 19 heavy (non-hydrogen) atoms. The highest BCUT2D eigenvalue weighted by Gasteiger charge is 2.50. The van der Waals surface area contributed by atoms with Gasteiger partial charge in [-0.05, 0) is 55.2 Å². The molecule has 3 atom stereocenters. The highest BCUT2D eigenvalue weighted by molar-refractivity contribution is 5.34. The average molecular weight is 272 g/mol. The van der Waals surface area contributed by atoms with Crippen molar-refractivity contribution in [2.45, 2.75) is 37.6 Å². The number of alkyl halides is 3. The van der Waals surface area contributed by atoms with Gasteiger partial charge >= 0.3 is 6.36 Å². The van der Waals surface area contributed by atoms with Gasteiger partial charge in [0.15, 0.2) is 0 Å². The van der Waals surface area contributed by atoms with Crippen LogP contribution in [0, 0.1) is 11.8 Å². The number of benzene rings is 1. The van der Waals surface area contributed by atoms with Gasteiger partial charge < -0.3 is 9.84 Å². The summed E-state index contributed by atoms with van der Waals surface area (Å²) >= 11 is 0. The molecule has 3 rings (SSSR count). The van der Waals surface area contributed by atoms with Gasteiger partial charge in [-0.3, -0.25) is 0 Å². The van der Waals surface area contributed by atoms with Crippen LogP contribution < -0.4 is 4.74 Å². The van der Waals surface area contributed by atoms with Gasteiger partial charge in [0.2, 0.25) is 0 Å². The van der Waals surface area contributed by atoms with Crippen molar-refractivity contribution in [2.75, 3.05) is 0 Å². The Labute approximate surface area is 109 Å². The average Bonchev–Trinajstić information content (AvgIpc) is 2.87. The van der Waals surface area contributed by atoms with Crippen molar-refractivity contribution in [3.8, 4) is 5.75 Å². The molecular formula is C14H15F3O2. The summed E-state index contributed by atoms with van der Waals surface area (Å²) in [6.45, 7) is 0. The van der Waals surface area contributed by atoms with Crippen LogP contribution in [-0.4, -0.2) is 11.5 Å². The Hall–Kier alpha value is -1.23. The van der Waals surface area contributed by atoms with Crippen LogP contribution in [0.15, 0.2) is 24.3 Å². The molecule has 0 aromatic heterocycles. The third-order valence-corrected chi connectivity index (χ3v) is 4.38. The summed E-state index contributed by atoms with van der Waals surface area (Å²) in [6, 6.07) is 5.76. The van der Waals surface area contributed by atoms with Crippen molar-refractivity contribution in [1.82, 2.24) is 0 Å². The Balaban J connectivity index is 1.87. The first-order valence-electron chi connectivity index (χ1n) is 6.45. The van der Waals surface area contributed by atoms with Crippen LogP contribution in [0.25, 0.3) is 0 Å². The summed E-state index contributed by atoms with van der Waals surface area (Å²) < 4.78 is 40.5. The maximum absolute atomic E-state index is 12.2. The molecule has 0 aliphatic heterocycles. The molecule has 104 valence electrons. The lowest BCUT2D eigenvalue weighted by Crippen LogP contribution is -2.32. The van der Waals surface area contributed by atoms with Crippen molar-refractivity contribution >= 4 is 0 Å². The predicted octanol–water partition coefficient (Wildman–Crippen LogP) is 3.59. The van der Waals surface area contributed by atoms with E-state index in [2.05, 4.69) is 4.74 Å². The van der Waals surface area contributed by atoms with Crippen LogP contribution in [0.2, 0.25) is 0 Å². The Morgan fingerprint density at radius 3 is 2.63 bits per heavy atom. The van der Waals surface area contributed by atoms with Crippen molar-refractivity contribution < 1.29 is 23.0 Å². The van der Waals surface area contributed by atoms with Crippen LogP contribution in [0.5, 0.6) is 5.75 Å². The molecule has 1 aromatic carbocycles. The van der Waals surface area contributed by atoms with E-state index in [1.54, 1.807) is 6.07 Å². The first-order chi connectivity index (χ1) is 8.87. The van der Waals surface area contributed by atoms with E-state index >= 15 is 0 Å². The van der Waals surface area contributed by atoms with Crippen LogP contribution in [-0.2, 0) is 5.60 Å². The van der Waals surface area contributed by atoms with Crippen LogP contribution >= 0.6 is 0 Å². The Morgan fingerprint density at radius 1 is 1.26 bits per heavy atom. The first-order valence-corrected chi connectivity index (χ1v) is 6.45. The fourth-order valence-corrected chi connectivity index (χ4v) is 3.62. The number of fused-ring (bicyclic) bond motifs is 2. The van der Waals surface area contributed by atoms with E-state index in [0.29, 0.717) is 17.9 Å². The molecule has 0 spiro atoms. The van der Waals surface area contributed by atoms with Crippen molar-refractivity contribution in [3.63, 3.8) is 0 Å². The lowest BCUT2D eigenvalue weighted by atomic mass is 9.79. The first kappa shape index (κ1) is 12.8. The van der Waals surface area contributed by atoms with Gasteiger partial charge in [-0.1, -0.05) is 12.1 Å². The zero-order valence-corrected chi connectivity index (χ0v) is 10.3. The number of hydrogen-bond donors (Lipinski definition) is 1. The van der Waals surface area contributed by atoms with E-state index in [1.807, 2.05) is 0 Å². The molecule has 2 aliphatic carbocycles. The van der Waals surface area contributed by atoms with Gasteiger partial charge in [0, 0.05) is 0 Å². The lowest BCUT2D eigenvalue weighted by Gasteiger charge is -2.33. The highest BCUT2D eigenvalue weighted by Crippen LogP contribution is 2.55. The standard InChI is InChI=1S/C14H15F3O2/c15-14(16,17)19-12-3-1-2-10(7-12)13(18)8-9-4-5-11(13)6-9/h1-3,7,9,11,18H,4-6,8H2. The summed E-state index contributed by atoms with van der Waals surface area (Å²) in [4.78, 5) is 0. The molecule has 1 aromatic rings. The van der Waals surface area contributed by atoms with E-state index in [9.17, 15) is 18.3 Å². The van der Waals surface area contributed by atoms with Gasteiger partial charge in [-0.2, -0.15) is 0 Å². The second-order valence-electron chi connectivity index (χ2n) is 5.58. The minimum absolute atomic E-state index is 0.165. The fraction of sp³-hybridized carbons (Fsp3) is 0.571. The van der Waals surface area contributed by atoms with Crippen LogP contribution in [0.1, 0.15) is 31.2 Å². The Kier molecular flexibility index (Phi) is 2.78. The topological polar surface area (TPSA) is 29.5 Å². The molecule has 0 saturated heterocycles. The Bertz CT molecular complexity index is 486. The summed E-state index contributed by atoms with van der Waals surface area (Å²) in [6.07, 6.45) is -1.01. The zero-order valence-electron chi connectivity index (χ0n) is 10.3. The molecule has 2 aliphatic rings. The third-order valence-electron chi connectivity index (χ3n) is 4.38. The number of hydrogen-bond acceptors (Lipinski definition) is 2. The van der Waals surface area contributed by atoms with Crippen LogP contribution in [0.3, 0.4) is 0 Å². The number of ether oxygens (including phenoxy) is 1. The van der Waals surface area contributed by atoms with E-state index in [4.69, 9.17) is 0 Å². The third kappa shape index (κ3) is 2.31. The lowest BCUT2D eigenvalue weighted by molar-refractivity contribution is -0.274. The van der Waals surface area contributed by atoms with Gasteiger partial charge in [0.1, 0.15) is 5.75 Å². The van der Waals surface area contributed by atoms with E-state index < -0.39 is 12.0 Å². The van der Waals surface area contributed by atoms with Gasteiger partial charge in [-0.25, -0.2) is 0 Å². The Morgan fingerprint density at radius 2 is 2.05 bits per heavy atom. The minimum Gasteiger partial charge on any atom is -0.406 e. The second-order valence-corrected chi connectivity index (χ2v) is 5.58. The van der Waals surface area contributed by atoms with Crippen LogP contribution in [0.4, 0.5) is 13.2 Å². The molecule has 0 radical (unpaired) electrons. The second kappa shape index (κ2) is 4.13. The minimum atomic E-state index is -4.70. The molecule has 5 heteroatoms. The summed E-state index contributed by atoms with van der Waals surface area (Å²) in [5.41, 5.74) is -0.435. The number of halogens is 3. The number of aliphatic hydroxyl groups is 1. The normalized spacial score (nSPS) is 33.7. The molecule has 0 amide bonds. The van der Waals surface area contributed by atoms with Crippen molar-refractivity contribution in [1.29, 1.82) is 0 Å². The zero-order chi connectivity index (χ0) is 13.7. The monoisotopic (exact) mass is 272 g/mol. The maximum atomic E-state index is 12.2. The molecule has 2 nitrogen and oxygen atoms in total. The molecule has 1 N–H and O–H groups in total. The maximum Gasteiger partial charge on any atom is 0.573 e. The van der Waals surface area contributed by atoms with E-state index in [-0.39, 0.29) is 11.7 Å². The number of rotatable bonds is 2. The highest BCUT2D eigenvalue weighted by atomic mass is 19.4. The molecule has 2 saturated carbocycles. The SMILES string of the molecule is OC1(c2cccc(OC(F)(F)F)c2)CC2CCC1C2. The summed E-state index contributed by atoms with van der Waals surface area (Å²) in [5.74, 6) is 0.405. The smallest absolute Gasteiger partial charge is 0.406 e. The quantitative estimate of drug-likeness (QED) is 0.891. The largest absolute Gasteiger partial charge is 0.573 e. The fourth-order valence-electron chi connectivity index (χ4n) is 3.62. The molecule has 3 unspecified atom stereocenters. The summed E-state index contributed by atoms with van der Waals surface area (Å²) in [7, 11) is 0. The molecule has 2 fully saturated rings. The van der Waals surface area contributed by atoms with Crippen molar-refractivity contribution in [3.05, 3.63) is 29.8 Å². The van der Waals surface area contributed by atoms with Gasteiger partial charge in [0.05, 0.1) is 5.60 Å². The van der Waals surface area contributed by atoms with Gasteiger partial charge in [0.25, 0.3) is 0 Å². The molecule has 2 bridgehead atoms. The van der Waals surface area contributed by atoms with E-state index in [0.717, 1.165) is 19.3 Å². The van der Waals surface area contributed by atoms with Gasteiger partial charge in [-0.15, -0.1) is 13.2 Å². The predicted molar refractivity (Wildman–Crippen MR) is 62.5 cm³/mol.